The Labute approximate surface area is 81.6 Å². The van der Waals surface area contributed by atoms with Crippen molar-refractivity contribution in [2.75, 3.05) is 5.73 Å². The van der Waals surface area contributed by atoms with Gasteiger partial charge in [0.05, 0.1) is 10.9 Å². The summed E-state index contributed by atoms with van der Waals surface area (Å²) >= 11 is 0. The van der Waals surface area contributed by atoms with E-state index in [9.17, 15) is 4.39 Å². The summed E-state index contributed by atoms with van der Waals surface area (Å²) in [7, 11) is 5.48. The van der Waals surface area contributed by atoms with E-state index < -0.39 is 5.82 Å². The molecule has 0 bridgehead atoms. The first kappa shape index (κ1) is 8.93. The summed E-state index contributed by atoms with van der Waals surface area (Å²) in [5.74, 6) is 0.155. The average molecular weight is 187 g/mol. The maximum absolute atomic E-state index is 13.4. The SMILES string of the molecule is [B]c1cc(F)c2c(N)nc(C)nc2c1. The Morgan fingerprint density at radius 3 is 2.79 bits per heavy atom. The van der Waals surface area contributed by atoms with Gasteiger partial charge in [0.25, 0.3) is 0 Å². The van der Waals surface area contributed by atoms with Crippen molar-refractivity contribution < 1.29 is 4.39 Å². The van der Waals surface area contributed by atoms with Crippen molar-refractivity contribution in [1.29, 1.82) is 0 Å². The second-order valence-corrected chi connectivity index (χ2v) is 3.05. The number of aryl methyl sites for hydroxylation is 1. The topological polar surface area (TPSA) is 51.8 Å². The van der Waals surface area contributed by atoms with Gasteiger partial charge in [-0.15, -0.1) is 0 Å². The lowest BCUT2D eigenvalue weighted by molar-refractivity contribution is 0.640. The second kappa shape index (κ2) is 2.94. The highest BCUT2D eigenvalue weighted by molar-refractivity contribution is 6.33. The predicted octanol–water partition coefficient (Wildman–Crippen LogP) is 0.453. The molecule has 2 rings (SSSR count). The zero-order valence-corrected chi connectivity index (χ0v) is 7.58. The number of rotatable bonds is 0. The summed E-state index contributed by atoms with van der Waals surface area (Å²) in [4.78, 5) is 7.93. The molecule has 0 aliphatic heterocycles. The summed E-state index contributed by atoms with van der Waals surface area (Å²) in [5, 5.41) is 0.227. The van der Waals surface area contributed by atoms with E-state index in [0.29, 0.717) is 16.8 Å². The van der Waals surface area contributed by atoms with Crippen molar-refractivity contribution in [3.8, 4) is 0 Å². The number of nitrogens with zero attached hydrogens (tertiary/aromatic N) is 2. The minimum atomic E-state index is -0.488. The van der Waals surface area contributed by atoms with Crippen LogP contribution in [0, 0.1) is 12.7 Å². The molecule has 68 valence electrons. The zero-order valence-electron chi connectivity index (χ0n) is 7.58. The zero-order chi connectivity index (χ0) is 10.3. The third-order valence-electron chi connectivity index (χ3n) is 1.91. The van der Waals surface area contributed by atoms with Gasteiger partial charge in [0.15, 0.2) is 0 Å². The van der Waals surface area contributed by atoms with E-state index in [1.807, 2.05) is 0 Å². The maximum Gasteiger partial charge on any atom is 0.138 e. The van der Waals surface area contributed by atoms with Gasteiger partial charge >= 0.3 is 0 Å². The molecule has 0 unspecified atom stereocenters. The Morgan fingerprint density at radius 1 is 1.36 bits per heavy atom. The molecule has 1 aromatic carbocycles. The summed E-state index contributed by atoms with van der Waals surface area (Å²) in [6.07, 6.45) is 0. The highest BCUT2D eigenvalue weighted by Crippen LogP contribution is 2.19. The number of nitrogens with two attached hydrogens (primary N) is 1. The summed E-state index contributed by atoms with van der Waals surface area (Å²) in [6.45, 7) is 1.69. The van der Waals surface area contributed by atoms with E-state index in [0.717, 1.165) is 0 Å². The fourth-order valence-corrected chi connectivity index (χ4v) is 1.38. The largest absolute Gasteiger partial charge is 0.383 e. The number of aromatic nitrogens is 2. The molecule has 2 radical (unpaired) electrons. The first-order valence-corrected chi connectivity index (χ1v) is 4.07. The van der Waals surface area contributed by atoms with Crippen LogP contribution in [-0.2, 0) is 0 Å². The van der Waals surface area contributed by atoms with E-state index in [2.05, 4.69) is 9.97 Å². The van der Waals surface area contributed by atoms with Crippen LogP contribution in [0.4, 0.5) is 10.2 Å². The fourth-order valence-electron chi connectivity index (χ4n) is 1.38. The number of fused-ring (bicyclic) bond motifs is 1. The molecule has 0 saturated carbocycles. The van der Waals surface area contributed by atoms with Gasteiger partial charge < -0.3 is 5.73 Å². The summed E-state index contributed by atoms with van der Waals surface area (Å²) in [6, 6.07) is 2.78. The minimum absolute atomic E-state index is 0.144. The molecule has 14 heavy (non-hydrogen) atoms. The molecule has 3 nitrogen and oxygen atoms in total. The standard InChI is InChI=1S/C9H7BFN3/c1-4-13-7-3-5(10)2-6(11)8(7)9(12)14-4/h2-3H,1H3,(H2,12,13,14). The number of hydrogen-bond acceptors (Lipinski definition) is 3. The van der Waals surface area contributed by atoms with Crippen molar-refractivity contribution in [3.63, 3.8) is 0 Å². The van der Waals surface area contributed by atoms with Crippen LogP contribution in [0.5, 0.6) is 0 Å². The molecular formula is C9H7BFN3. The molecule has 0 aliphatic carbocycles. The normalized spacial score (nSPS) is 10.7. The van der Waals surface area contributed by atoms with Gasteiger partial charge in [-0.05, 0) is 19.1 Å². The van der Waals surface area contributed by atoms with Crippen LogP contribution in [0.2, 0.25) is 0 Å². The Morgan fingerprint density at radius 2 is 2.07 bits per heavy atom. The number of anilines is 1. The van der Waals surface area contributed by atoms with Crippen molar-refractivity contribution in [1.82, 2.24) is 9.97 Å². The molecule has 0 aliphatic rings. The molecule has 0 saturated heterocycles. The monoisotopic (exact) mass is 187 g/mol. The van der Waals surface area contributed by atoms with E-state index in [1.165, 1.54) is 6.07 Å². The lowest BCUT2D eigenvalue weighted by Gasteiger charge is -2.04. The van der Waals surface area contributed by atoms with Gasteiger partial charge in [0.2, 0.25) is 0 Å². The lowest BCUT2D eigenvalue weighted by Crippen LogP contribution is -2.07. The number of halogens is 1. The Hall–Kier alpha value is -1.65. The number of benzene rings is 1. The molecule has 0 atom stereocenters. The first-order valence-electron chi connectivity index (χ1n) is 4.07. The van der Waals surface area contributed by atoms with Crippen LogP contribution < -0.4 is 11.2 Å². The van der Waals surface area contributed by atoms with Crippen molar-refractivity contribution in [3.05, 3.63) is 23.8 Å². The van der Waals surface area contributed by atoms with Gasteiger partial charge in [0, 0.05) is 0 Å². The van der Waals surface area contributed by atoms with E-state index in [4.69, 9.17) is 13.6 Å². The summed E-state index contributed by atoms with van der Waals surface area (Å²) < 4.78 is 13.4. The molecule has 2 N–H and O–H groups in total. The van der Waals surface area contributed by atoms with Crippen LogP contribution in [0.1, 0.15) is 5.82 Å². The quantitative estimate of drug-likeness (QED) is 0.609. The second-order valence-electron chi connectivity index (χ2n) is 3.05. The maximum atomic E-state index is 13.4. The number of nitrogen functional groups attached to an aromatic ring is 1. The van der Waals surface area contributed by atoms with E-state index in [1.54, 1.807) is 13.0 Å². The molecule has 5 heteroatoms. The van der Waals surface area contributed by atoms with Gasteiger partial charge in [-0.1, -0.05) is 5.46 Å². The molecule has 0 spiro atoms. The molecule has 1 aromatic heterocycles. The smallest absolute Gasteiger partial charge is 0.138 e. The Kier molecular flexibility index (Phi) is 1.87. The van der Waals surface area contributed by atoms with Crippen LogP contribution in [0.3, 0.4) is 0 Å². The molecular weight excluding hydrogens is 180 g/mol. The van der Waals surface area contributed by atoms with Gasteiger partial charge in [-0.25, -0.2) is 14.4 Å². The average Bonchev–Trinajstić information content (AvgIpc) is 1.99. The van der Waals surface area contributed by atoms with Crippen LogP contribution in [0.25, 0.3) is 10.9 Å². The van der Waals surface area contributed by atoms with Crippen molar-refractivity contribution in [2.24, 2.45) is 0 Å². The summed E-state index contributed by atoms with van der Waals surface area (Å²) in [5.41, 5.74) is 6.34. The molecule has 1 heterocycles. The lowest BCUT2D eigenvalue weighted by atomic mass is 9.95. The number of hydrogen-bond donors (Lipinski definition) is 1. The predicted molar refractivity (Wildman–Crippen MR) is 54.0 cm³/mol. The van der Waals surface area contributed by atoms with E-state index in [-0.39, 0.29) is 11.2 Å². The van der Waals surface area contributed by atoms with Crippen LogP contribution >= 0.6 is 0 Å². The molecule has 0 amide bonds. The Bertz CT molecular complexity index is 470. The highest BCUT2D eigenvalue weighted by Gasteiger charge is 2.08. The minimum Gasteiger partial charge on any atom is -0.383 e. The van der Waals surface area contributed by atoms with E-state index >= 15 is 0 Å². The van der Waals surface area contributed by atoms with Gasteiger partial charge in [0.1, 0.15) is 25.3 Å². The third kappa shape index (κ3) is 1.30. The fraction of sp³-hybridized carbons (Fsp3) is 0.111. The molecule has 2 aromatic rings. The molecule has 0 fully saturated rings. The van der Waals surface area contributed by atoms with Gasteiger partial charge in [-0.2, -0.15) is 0 Å². The van der Waals surface area contributed by atoms with Crippen LogP contribution in [-0.4, -0.2) is 17.8 Å². The Balaban J connectivity index is 2.94. The van der Waals surface area contributed by atoms with Crippen LogP contribution in [0.15, 0.2) is 12.1 Å². The van der Waals surface area contributed by atoms with Crippen molar-refractivity contribution >= 4 is 30.0 Å². The first-order chi connectivity index (χ1) is 6.58. The van der Waals surface area contributed by atoms with Gasteiger partial charge in [-0.3, -0.25) is 0 Å². The highest BCUT2D eigenvalue weighted by atomic mass is 19.1. The van der Waals surface area contributed by atoms with Crippen molar-refractivity contribution in [2.45, 2.75) is 6.92 Å². The third-order valence-corrected chi connectivity index (χ3v) is 1.91.